The summed E-state index contributed by atoms with van der Waals surface area (Å²) in [6.07, 6.45) is 6.59. The van der Waals surface area contributed by atoms with Crippen molar-refractivity contribution in [3.8, 4) is 0 Å². The molecule has 1 heterocycles. The molecule has 2 N–H and O–H groups in total. The van der Waals surface area contributed by atoms with Gasteiger partial charge in [-0.3, -0.25) is 0 Å². The summed E-state index contributed by atoms with van der Waals surface area (Å²) in [5.41, 5.74) is 12.5. The summed E-state index contributed by atoms with van der Waals surface area (Å²) < 4.78 is 0. The molecule has 2 aromatic rings. The minimum Gasteiger partial charge on any atom is -0.369 e. The van der Waals surface area contributed by atoms with Crippen molar-refractivity contribution in [2.75, 3.05) is 6.54 Å². The molecule has 0 amide bonds. The average molecular weight is 385 g/mol. The molecular weight excluding hydrogens is 363 g/mol. The summed E-state index contributed by atoms with van der Waals surface area (Å²) in [4.78, 5) is 2.27. The van der Waals surface area contributed by atoms with Crippen LogP contribution in [0.3, 0.4) is 0 Å². The molecule has 1 aliphatic heterocycles. The Morgan fingerprint density at radius 1 is 1.12 bits per heavy atom. The molecule has 2 aliphatic rings. The number of benzene rings is 2. The Morgan fingerprint density at radius 2 is 1.88 bits per heavy atom. The van der Waals surface area contributed by atoms with Crippen LogP contribution in [0.5, 0.6) is 0 Å². The molecule has 0 bridgehead atoms. The maximum atomic E-state index is 6.63. The van der Waals surface area contributed by atoms with Gasteiger partial charge in [-0.15, -0.1) is 0 Å². The van der Waals surface area contributed by atoms with Gasteiger partial charge in [0, 0.05) is 34.9 Å². The monoisotopic (exact) mass is 384 g/mol. The number of hydrogen-bond acceptors (Lipinski definition) is 2. The van der Waals surface area contributed by atoms with Gasteiger partial charge in [0.15, 0.2) is 0 Å². The maximum Gasteiger partial charge on any atom is 0.0456 e. The zero-order chi connectivity index (χ0) is 18.3. The number of nitrogens with two attached hydrogens (primary N) is 1. The molecule has 1 fully saturated rings. The van der Waals surface area contributed by atoms with Crippen LogP contribution in [0.4, 0.5) is 0 Å². The van der Waals surface area contributed by atoms with Crippen molar-refractivity contribution in [3.05, 3.63) is 87.0 Å². The van der Waals surface area contributed by atoms with Crippen LogP contribution in [0, 0.1) is 6.92 Å². The fraction of sp³-hybridized carbons (Fsp3) is 0.273. The topological polar surface area (TPSA) is 29.3 Å². The molecule has 0 spiro atoms. The Labute approximate surface area is 164 Å². The molecule has 0 aromatic heterocycles. The zero-order valence-corrected chi connectivity index (χ0v) is 16.3. The fourth-order valence-corrected chi connectivity index (χ4v) is 3.92. The Hall–Kier alpha value is -1.74. The molecule has 26 heavy (non-hydrogen) atoms. The minimum absolute atomic E-state index is 0.203. The highest BCUT2D eigenvalue weighted by Crippen LogP contribution is 2.47. The number of hydrogen-bond donors (Lipinski definition) is 1. The van der Waals surface area contributed by atoms with Crippen molar-refractivity contribution in [3.63, 3.8) is 0 Å². The Morgan fingerprint density at radius 3 is 2.62 bits per heavy atom. The normalized spacial score (nSPS) is 18.4. The minimum atomic E-state index is -0.203. The van der Waals surface area contributed by atoms with E-state index in [-0.39, 0.29) is 5.54 Å². The van der Waals surface area contributed by atoms with Crippen molar-refractivity contribution in [1.29, 1.82) is 0 Å². The van der Waals surface area contributed by atoms with E-state index in [0.717, 1.165) is 36.5 Å². The van der Waals surface area contributed by atoms with Gasteiger partial charge in [0.25, 0.3) is 0 Å². The molecule has 0 unspecified atom stereocenters. The molecule has 4 rings (SSSR count). The van der Waals surface area contributed by atoms with Crippen LogP contribution in [0.1, 0.15) is 29.5 Å². The Bertz CT molecular complexity index is 910. The summed E-state index contributed by atoms with van der Waals surface area (Å²) in [7, 11) is 0. The number of nitrogens with zero attached hydrogens (tertiary/aromatic N) is 1. The van der Waals surface area contributed by atoms with E-state index in [1.54, 1.807) is 0 Å². The lowest BCUT2D eigenvalue weighted by Crippen LogP contribution is -2.31. The largest absolute Gasteiger partial charge is 0.369 e. The van der Waals surface area contributed by atoms with E-state index < -0.39 is 0 Å². The van der Waals surface area contributed by atoms with Crippen molar-refractivity contribution >= 4 is 28.8 Å². The molecular formula is C22H22Cl2N2. The van der Waals surface area contributed by atoms with Gasteiger partial charge in [0.1, 0.15) is 0 Å². The fourth-order valence-electron chi connectivity index (χ4n) is 3.55. The number of rotatable bonds is 4. The highest BCUT2D eigenvalue weighted by atomic mass is 35.5. The van der Waals surface area contributed by atoms with Crippen LogP contribution in [0.2, 0.25) is 10.0 Å². The van der Waals surface area contributed by atoms with E-state index in [2.05, 4.69) is 48.4 Å². The lowest BCUT2D eigenvalue weighted by Gasteiger charge is -2.30. The number of halogens is 2. The first-order chi connectivity index (χ1) is 12.5. The van der Waals surface area contributed by atoms with Gasteiger partial charge in [-0.2, -0.15) is 0 Å². The third-order valence-corrected chi connectivity index (χ3v) is 5.88. The van der Waals surface area contributed by atoms with Gasteiger partial charge in [-0.05, 0) is 65.8 Å². The summed E-state index contributed by atoms with van der Waals surface area (Å²) in [5, 5.41) is 1.45. The lowest BCUT2D eigenvalue weighted by molar-refractivity contribution is 0.400. The van der Waals surface area contributed by atoms with Gasteiger partial charge in [0.05, 0.1) is 0 Å². The summed E-state index contributed by atoms with van der Waals surface area (Å²) in [6, 6.07) is 14.1. The standard InChI is InChI=1S/C22H22Cl2N2/c1-15-4-2-3-5-18(15)19-8-11-26(14-20(19)22(25)9-10-22)13-16-12-17(23)6-7-21(16)24/h2-8,12,14H,9-11,13,25H2,1H3. The predicted molar refractivity (Wildman–Crippen MR) is 110 cm³/mol. The summed E-state index contributed by atoms with van der Waals surface area (Å²) in [5.74, 6) is 0. The van der Waals surface area contributed by atoms with Gasteiger partial charge in [-0.1, -0.05) is 53.5 Å². The average Bonchev–Trinajstić information content (AvgIpc) is 3.38. The van der Waals surface area contributed by atoms with E-state index in [9.17, 15) is 0 Å². The maximum absolute atomic E-state index is 6.63. The molecule has 134 valence electrons. The van der Waals surface area contributed by atoms with E-state index in [1.807, 2.05) is 18.2 Å². The van der Waals surface area contributed by atoms with Crippen LogP contribution in [0.15, 0.2) is 60.3 Å². The van der Waals surface area contributed by atoms with E-state index in [4.69, 9.17) is 28.9 Å². The molecule has 1 saturated carbocycles. The predicted octanol–water partition coefficient (Wildman–Crippen LogP) is 5.58. The quantitative estimate of drug-likeness (QED) is 0.745. The molecule has 0 atom stereocenters. The number of aryl methyl sites for hydroxylation is 1. The molecule has 2 nitrogen and oxygen atoms in total. The first kappa shape index (κ1) is 17.7. The zero-order valence-electron chi connectivity index (χ0n) is 14.8. The molecule has 0 saturated heterocycles. The third kappa shape index (κ3) is 3.42. The molecule has 0 radical (unpaired) electrons. The first-order valence-corrected chi connectivity index (χ1v) is 9.67. The van der Waals surface area contributed by atoms with E-state index in [1.165, 1.54) is 22.3 Å². The summed E-state index contributed by atoms with van der Waals surface area (Å²) in [6.45, 7) is 3.70. The first-order valence-electron chi connectivity index (χ1n) is 8.92. The van der Waals surface area contributed by atoms with E-state index >= 15 is 0 Å². The van der Waals surface area contributed by atoms with Crippen LogP contribution < -0.4 is 5.73 Å². The highest BCUT2D eigenvalue weighted by molar-refractivity contribution is 6.33. The van der Waals surface area contributed by atoms with E-state index in [0.29, 0.717) is 5.02 Å². The molecule has 1 aliphatic carbocycles. The Kier molecular flexibility index (Phi) is 4.60. The van der Waals surface area contributed by atoms with Crippen LogP contribution in [0.25, 0.3) is 5.57 Å². The van der Waals surface area contributed by atoms with Crippen molar-refractivity contribution < 1.29 is 0 Å². The van der Waals surface area contributed by atoms with Gasteiger partial charge in [-0.25, -0.2) is 0 Å². The molecule has 4 heteroatoms. The van der Waals surface area contributed by atoms with Crippen molar-refractivity contribution in [1.82, 2.24) is 4.90 Å². The second-order valence-electron chi connectivity index (χ2n) is 7.30. The van der Waals surface area contributed by atoms with Crippen LogP contribution in [-0.2, 0) is 6.54 Å². The molecule has 2 aromatic carbocycles. The second kappa shape index (κ2) is 6.77. The van der Waals surface area contributed by atoms with Crippen molar-refractivity contribution in [2.24, 2.45) is 5.73 Å². The van der Waals surface area contributed by atoms with Crippen LogP contribution >= 0.6 is 23.2 Å². The van der Waals surface area contributed by atoms with Gasteiger partial charge >= 0.3 is 0 Å². The SMILES string of the molecule is Cc1ccccc1C1=CCN(Cc2cc(Cl)ccc2Cl)C=C1C1(N)CC1. The third-order valence-electron chi connectivity index (χ3n) is 5.27. The van der Waals surface area contributed by atoms with Crippen molar-refractivity contribution in [2.45, 2.75) is 31.8 Å². The summed E-state index contributed by atoms with van der Waals surface area (Å²) >= 11 is 12.5. The second-order valence-corrected chi connectivity index (χ2v) is 8.14. The Balaban J connectivity index is 1.66. The van der Waals surface area contributed by atoms with Gasteiger partial charge in [0.2, 0.25) is 0 Å². The lowest BCUT2D eigenvalue weighted by atomic mass is 9.87. The van der Waals surface area contributed by atoms with Gasteiger partial charge < -0.3 is 10.6 Å². The smallest absolute Gasteiger partial charge is 0.0456 e. The van der Waals surface area contributed by atoms with Crippen LogP contribution in [-0.4, -0.2) is 17.0 Å². The highest BCUT2D eigenvalue weighted by Gasteiger charge is 2.44.